The lowest BCUT2D eigenvalue weighted by Crippen LogP contribution is -2.39. The standard InChI is InChI=1S/C15H26N2O/c1-4-14(16)15(17(3)10-7-11-18)13-9-6-5-8-12(13)2/h5-6,8-9,14-15,18H,4,7,10-11,16H2,1-3H3. The van der Waals surface area contributed by atoms with Crippen molar-refractivity contribution in [2.75, 3.05) is 20.2 Å². The highest BCUT2D eigenvalue weighted by Crippen LogP contribution is 2.26. The molecule has 1 aromatic carbocycles. The Bertz CT molecular complexity index is 354. The zero-order chi connectivity index (χ0) is 13.5. The van der Waals surface area contributed by atoms with Crippen LogP contribution in [0.5, 0.6) is 0 Å². The molecule has 0 saturated heterocycles. The minimum Gasteiger partial charge on any atom is -0.396 e. The van der Waals surface area contributed by atoms with E-state index < -0.39 is 0 Å². The molecular formula is C15H26N2O. The normalized spacial score (nSPS) is 14.8. The molecule has 0 aromatic heterocycles. The van der Waals surface area contributed by atoms with Crippen LogP contribution in [0.1, 0.15) is 36.9 Å². The van der Waals surface area contributed by atoms with E-state index in [-0.39, 0.29) is 18.7 Å². The predicted octanol–water partition coefficient (Wildman–Crippen LogP) is 2.09. The van der Waals surface area contributed by atoms with E-state index in [0.717, 1.165) is 19.4 Å². The molecule has 102 valence electrons. The first-order chi connectivity index (χ1) is 8.61. The third-order valence-electron chi connectivity index (χ3n) is 3.53. The summed E-state index contributed by atoms with van der Waals surface area (Å²) in [6.45, 7) is 5.34. The molecule has 0 aliphatic rings. The Balaban J connectivity index is 2.94. The number of benzene rings is 1. The van der Waals surface area contributed by atoms with E-state index >= 15 is 0 Å². The largest absolute Gasteiger partial charge is 0.396 e. The molecule has 0 saturated carbocycles. The zero-order valence-corrected chi connectivity index (χ0v) is 11.8. The number of nitrogens with zero attached hydrogens (tertiary/aromatic N) is 1. The molecule has 3 N–H and O–H groups in total. The first-order valence-corrected chi connectivity index (χ1v) is 6.74. The lowest BCUT2D eigenvalue weighted by Gasteiger charge is -2.33. The van der Waals surface area contributed by atoms with Gasteiger partial charge in [-0.3, -0.25) is 4.90 Å². The third-order valence-corrected chi connectivity index (χ3v) is 3.53. The van der Waals surface area contributed by atoms with Crippen molar-refractivity contribution in [3.8, 4) is 0 Å². The van der Waals surface area contributed by atoms with Crippen molar-refractivity contribution in [3.63, 3.8) is 0 Å². The predicted molar refractivity (Wildman–Crippen MR) is 76.5 cm³/mol. The molecule has 0 fully saturated rings. The molecule has 3 nitrogen and oxygen atoms in total. The van der Waals surface area contributed by atoms with Crippen LogP contribution in [-0.2, 0) is 0 Å². The van der Waals surface area contributed by atoms with Gasteiger partial charge in [0.2, 0.25) is 0 Å². The lowest BCUT2D eigenvalue weighted by atomic mass is 9.93. The second-order valence-electron chi connectivity index (χ2n) is 4.93. The number of aliphatic hydroxyl groups excluding tert-OH is 1. The molecule has 2 unspecified atom stereocenters. The van der Waals surface area contributed by atoms with Gasteiger partial charge in [0, 0.05) is 25.2 Å². The molecule has 2 atom stereocenters. The summed E-state index contributed by atoms with van der Waals surface area (Å²) in [5.74, 6) is 0. The molecule has 0 amide bonds. The van der Waals surface area contributed by atoms with Gasteiger partial charge in [-0.2, -0.15) is 0 Å². The van der Waals surface area contributed by atoms with Crippen molar-refractivity contribution in [1.29, 1.82) is 0 Å². The number of aliphatic hydroxyl groups is 1. The van der Waals surface area contributed by atoms with Crippen molar-refractivity contribution >= 4 is 0 Å². The number of hydrogen-bond donors (Lipinski definition) is 2. The van der Waals surface area contributed by atoms with Gasteiger partial charge in [-0.1, -0.05) is 31.2 Å². The highest BCUT2D eigenvalue weighted by Gasteiger charge is 2.23. The van der Waals surface area contributed by atoms with E-state index in [1.807, 2.05) is 0 Å². The fourth-order valence-electron chi connectivity index (χ4n) is 2.40. The van der Waals surface area contributed by atoms with Gasteiger partial charge in [-0.15, -0.1) is 0 Å². The van der Waals surface area contributed by atoms with Crippen molar-refractivity contribution in [2.45, 2.75) is 38.8 Å². The maximum atomic E-state index is 8.96. The van der Waals surface area contributed by atoms with E-state index in [9.17, 15) is 0 Å². The van der Waals surface area contributed by atoms with Gasteiger partial charge in [0.05, 0.1) is 0 Å². The van der Waals surface area contributed by atoms with Gasteiger partial charge < -0.3 is 10.8 Å². The highest BCUT2D eigenvalue weighted by molar-refractivity contribution is 5.29. The fourth-order valence-corrected chi connectivity index (χ4v) is 2.40. The lowest BCUT2D eigenvalue weighted by molar-refractivity contribution is 0.184. The van der Waals surface area contributed by atoms with Crippen LogP contribution >= 0.6 is 0 Å². The Morgan fingerprint density at radius 3 is 2.56 bits per heavy atom. The Labute approximate surface area is 111 Å². The molecule has 0 aliphatic heterocycles. The SMILES string of the molecule is CCC(N)C(c1ccccc1C)N(C)CCCO. The molecule has 0 heterocycles. The van der Waals surface area contributed by atoms with Gasteiger partial charge >= 0.3 is 0 Å². The summed E-state index contributed by atoms with van der Waals surface area (Å²) in [4.78, 5) is 2.26. The van der Waals surface area contributed by atoms with Gasteiger partial charge in [0.1, 0.15) is 0 Å². The van der Waals surface area contributed by atoms with Crippen LogP contribution in [0.15, 0.2) is 24.3 Å². The van der Waals surface area contributed by atoms with Gasteiger partial charge in [0.15, 0.2) is 0 Å². The Morgan fingerprint density at radius 1 is 1.33 bits per heavy atom. The van der Waals surface area contributed by atoms with Crippen molar-refractivity contribution in [1.82, 2.24) is 4.90 Å². The van der Waals surface area contributed by atoms with Gasteiger partial charge in [-0.25, -0.2) is 0 Å². The number of aryl methyl sites for hydroxylation is 1. The van der Waals surface area contributed by atoms with E-state index in [1.165, 1.54) is 11.1 Å². The van der Waals surface area contributed by atoms with Crippen LogP contribution in [0, 0.1) is 6.92 Å². The minimum atomic E-state index is 0.120. The quantitative estimate of drug-likeness (QED) is 0.779. The summed E-state index contributed by atoms with van der Waals surface area (Å²) >= 11 is 0. The number of hydrogen-bond acceptors (Lipinski definition) is 3. The smallest absolute Gasteiger partial charge is 0.0498 e. The highest BCUT2D eigenvalue weighted by atomic mass is 16.3. The maximum Gasteiger partial charge on any atom is 0.0498 e. The average molecular weight is 250 g/mol. The molecule has 18 heavy (non-hydrogen) atoms. The zero-order valence-electron chi connectivity index (χ0n) is 11.8. The molecule has 1 rings (SSSR count). The van der Waals surface area contributed by atoms with Crippen LogP contribution in [-0.4, -0.2) is 36.2 Å². The second-order valence-corrected chi connectivity index (χ2v) is 4.93. The molecule has 3 heteroatoms. The topological polar surface area (TPSA) is 49.5 Å². The molecule has 0 spiro atoms. The number of likely N-dealkylation sites (N-methyl/N-ethyl adjacent to an activating group) is 1. The van der Waals surface area contributed by atoms with E-state index in [2.05, 4.69) is 50.1 Å². The summed E-state index contributed by atoms with van der Waals surface area (Å²) in [5, 5.41) is 8.96. The summed E-state index contributed by atoms with van der Waals surface area (Å²) in [6, 6.07) is 8.76. The van der Waals surface area contributed by atoms with Crippen LogP contribution in [0.2, 0.25) is 0 Å². The van der Waals surface area contributed by atoms with Gasteiger partial charge in [0.25, 0.3) is 0 Å². The summed E-state index contributed by atoms with van der Waals surface area (Å²) in [6.07, 6.45) is 1.73. The Kier molecular flexibility index (Phi) is 6.33. The van der Waals surface area contributed by atoms with Crippen LogP contribution in [0.3, 0.4) is 0 Å². The second kappa shape index (κ2) is 7.52. The molecule has 1 aromatic rings. The Morgan fingerprint density at radius 2 is 2.00 bits per heavy atom. The first-order valence-electron chi connectivity index (χ1n) is 6.74. The van der Waals surface area contributed by atoms with Crippen molar-refractivity contribution in [3.05, 3.63) is 35.4 Å². The first kappa shape index (κ1) is 15.2. The Hall–Kier alpha value is -0.900. The van der Waals surface area contributed by atoms with Crippen molar-refractivity contribution < 1.29 is 5.11 Å². The number of rotatable bonds is 7. The van der Waals surface area contributed by atoms with E-state index in [0.29, 0.717) is 0 Å². The van der Waals surface area contributed by atoms with Crippen molar-refractivity contribution in [2.24, 2.45) is 5.73 Å². The molecule has 0 aliphatic carbocycles. The minimum absolute atomic E-state index is 0.120. The maximum absolute atomic E-state index is 8.96. The molecule has 0 radical (unpaired) electrons. The van der Waals surface area contributed by atoms with E-state index in [1.54, 1.807) is 0 Å². The van der Waals surface area contributed by atoms with Crippen LogP contribution < -0.4 is 5.73 Å². The summed E-state index contributed by atoms with van der Waals surface area (Å²) < 4.78 is 0. The molecular weight excluding hydrogens is 224 g/mol. The monoisotopic (exact) mass is 250 g/mol. The number of nitrogens with two attached hydrogens (primary N) is 1. The summed E-state index contributed by atoms with van der Waals surface area (Å²) in [7, 11) is 2.09. The summed E-state index contributed by atoms with van der Waals surface area (Å²) in [5.41, 5.74) is 8.86. The average Bonchev–Trinajstić information content (AvgIpc) is 2.38. The van der Waals surface area contributed by atoms with Crippen LogP contribution in [0.25, 0.3) is 0 Å². The van der Waals surface area contributed by atoms with Crippen LogP contribution in [0.4, 0.5) is 0 Å². The fraction of sp³-hybridized carbons (Fsp3) is 0.600. The third kappa shape index (κ3) is 3.80. The van der Waals surface area contributed by atoms with E-state index in [4.69, 9.17) is 10.8 Å². The molecule has 0 bridgehead atoms. The van der Waals surface area contributed by atoms with Gasteiger partial charge in [-0.05, 0) is 37.9 Å².